The number of hydrogen-bond acceptors (Lipinski definition) is 2. The Hall–Kier alpha value is -2.39. The fraction of sp³-hybridized carbons (Fsp3) is 0.143. The Morgan fingerprint density at radius 2 is 1.28 bits per heavy atom. The van der Waals surface area contributed by atoms with E-state index >= 15 is 0 Å². The van der Waals surface area contributed by atoms with Crippen LogP contribution in [0.1, 0.15) is 40.0 Å². The maximum absolute atomic E-state index is 8.70. The first-order valence-corrected chi connectivity index (χ1v) is 11.2. The summed E-state index contributed by atoms with van der Waals surface area (Å²) in [6, 6.07) is 3.24. The Morgan fingerprint density at radius 1 is 0.719 bits per heavy atom. The SMILES string of the molecule is [2H]c1c([2H])c([2H])c(-c2cc(-c3c([2H])c([2H])c([2H])c([2H])c3[2H])c(NSc3cc(Cl)cc(Cl)c3)c(C(C)(C)C)c2)c([2H])c1[2H]. The fourth-order valence-electron chi connectivity index (χ4n) is 3.16. The summed E-state index contributed by atoms with van der Waals surface area (Å²) in [5.41, 5.74) is 0.656. The van der Waals surface area contributed by atoms with Gasteiger partial charge in [-0.25, -0.2) is 0 Å². The highest BCUT2D eigenvalue weighted by atomic mass is 35.5. The van der Waals surface area contributed by atoms with E-state index in [0.717, 1.165) is 11.9 Å². The molecule has 0 aromatic heterocycles. The molecular weight excluding hydrogens is 453 g/mol. The van der Waals surface area contributed by atoms with Crippen LogP contribution in [0, 0.1) is 0 Å². The Bertz CT molecular complexity index is 1680. The Labute approximate surface area is 219 Å². The molecule has 0 radical (unpaired) electrons. The van der Waals surface area contributed by atoms with Crippen LogP contribution in [0.2, 0.25) is 10.0 Å². The number of benzene rings is 4. The van der Waals surface area contributed by atoms with E-state index in [-0.39, 0.29) is 22.3 Å². The first-order chi connectivity index (χ1) is 19.4. The van der Waals surface area contributed by atoms with Gasteiger partial charge in [0.1, 0.15) is 0 Å². The first kappa shape index (κ1) is 13.3. The number of anilines is 1. The second-order valence-corrected chi connectivity index (χ2v) is 9.76. The van der Waals surface area contributed by atoms with E-state index in [1.807, 2.05) is 20.8 Å². The number of nitrogens with one attached hydrogen (secondary N) is 1. The van der Waals surface area contributed by atoms with Crippen molar-refractivity contribution in [2.45, 2.75) is 31.1 Å². The smallest absolute Gasteiger partial charge is 0.0629 e. The molecule has 4 heteroatoms. The molecule has 4 rings (SSSR count). The zero-order chi connectivity index (χ0) is 31.4. The van der Waals surface area contributed by atoms with E-state index in [9.17, 15) is 0 Å². The first-order valence-electron chi connectivity index (χ1n) is 14.7. The van der Waals surface area contributed by atoms with E-state index in [2.05, 4.69) is 4.72 Å². The van der Waals surface area contributed by atoms with Crippen LogP contribution in [0.3, 0.4) is 0 Å². The van der Waals surface area contributed by atoms with E-state index in [4.69, 9.17) is 36.9 Å². The van der Waals surface area contributed by atoms with Crippen LogP contribution in [-0.2, 0) is 5.41 Å². The molecule has 0 saturated heterocycles. The molecule has 0 saturated carbocycles. The average molecular weight is 489 g/mol. The van der Waals surface area contributed by atoms with Gasteiger partial charge in [0.2, 0.25) is 0 Å². The van der Waals surface area contributed by atoms with Crippen LogP contribution < -0.4 is 4.72 Å². The van der Waals surface area contributed by atoms with Gasteiger partial charge in [0.25, 0.3) is 0 Å². The van der Waals surface area contributed by atoms with Crippen molar-refractivity contribution in [1.29, 1.82) is 0 Å². The van der Waals surface area contributed by atoms with Crippen LogP contribution in [0.15, 0.2) is 95.7 Å². The highest BCUT2D eigenvalue weighted by molar-refractivity contribution is 8.00. The third-order valence-electron chi connectivity index (χ3n) is 4.61. The number of halogens is 2. The minimum Gasteiger partial charge on any atom is -0.325 e. The fourth-order valence-corrected chi connectivity index (χ4v) is 4.63. The van der Waals surface area contributed by atoms with Crippen LogP contribution in [0.5, 0.6) is 0 Å². The molecular formula is C28H25Cl2NS. The van der Waals surface area contributed by atoms with Gasteiger partial charge in [-0.2, -0.15) is 0 Å². The van der Waals surface area contributed by atoms with Gasteiger partial charge in [-0.1, -0.05) is 104 Å². The minimum absolute atomic E-state index is 0.0686. The summed E-state index contributed by atoms with van der Waals surface area (Å²) in [6.45, 7) is 5.73. The second kappa shape index (κ2) is 9.62. The van der Waals surface area contributed by atoms with E-state index in [1.54, 1.807) is 24.3 Å². The van der Waals surface area contributed by atoms with Crippen molar-refractivity contribution < 1.29 is 13.7 Å². The van der Waals surface area contributed by atoms with Gasteiger partial charge in [-0.3, -0.25) is 0 Å². The number of hydrogen-bond donors (Lipinski definition) is 1. The second-order valence-electron chi connectivity index (χ2n) is 8.01. The Kier molecular flexibility index (Phi) is 4.01. The molecule has 0 aliphatic rings. The third-order valence-corrected chi connectivity index (χ3v) is 5.83. The molecule has 4 aromatic carbocycles. The Balaban J connectivity index is 2.14. The zero-order valence-corrected chi connectivity index (χ0v) is 19.9. The molecule has 0 heterocycles. The van der Waals surface area contributed by atoms with Crippen molar-refractivity contribution in [3.8, 4) is 22.3 Å². The molecule has 4 aromatic rings. The highest BCUT2D eigenvalue weighted by Crippen LogP contribution is 2.43. The van der Waals surface area contributed by atoms with E-state index in [0.29, 0.717) is 26.2 Å². The molecule has 0 atom stereocenters. The Morgan fingerprint density at radius 3 is 1.84 bits per heavy atom. The van der Waals surface area contributed by atoms with Crippen molar-refractivity contribution >= 4 is 40.8 Å². The third kappa shape index (κ3) is 5.32. The molecule has 0 amide bonds. The normalized spacial score (nSPS) is 15.8. The topological polar surface area (TPSA) is 12.0 Å². The largest absolute Gasteiger partial charge is 0.325 e. The maximum atomic E-state index is 8.70. The monoisotopic (exact) mass is 487 g/mol. The molecule has 32 heavy (non-hydrogen) atoms. The molecule has 162 valence electrons. The molecule has 1 N–H and O–H groups in total. The lowest BCUT2D eigenvalue weighted by molar-refractivity contribution is 0.593. The summed E-state index contributed by atoms with van der Waals surface area (Å²) >= 11 is 13.5. The van der Waals surface area contributed by atoms with Gasteiger partial charge in [0, 0.05) is 20.5 Å². The maximum Gasteiger partial charge on any atom is 0.0629 e. The average Bonchev–Trinajstić information content (AvgIpc) is 2.91. The van der Waals surface area contributed by atoms with Crippen molar-refractivity contribution in [3.05, 3.63) is 106 Å². The molecule has 0 aliphatic heterocycles. The lowest BCUT2D eigenvalue weighted by Crippen LogP contribution is -2.14. The van der Waals surface area contributed by atoms with Gasteiger partial charge in [0.15, 0.2) is 0 Å². The van der Waals surface area contributed by atoms with Crippen LogP contribution in [0.4, 0.5) is 5.69 Å². The van der Waals surface area contributed by atoms with Gasteiger partial charge in [0.05, 0.1) is 19.4 Å². The van der Waals surface area contributed by atoms with Gasteiger partial charge >= 0.3 is 0 Å². The zero-order valence-electron chi connectivity index (χ0n) is 27.6. The minimum atomic E-state index is -0.625. The quantitative estimate of drug-likeness (QED) is 0.281. The lowest BCUT2D eigenvalue weighted by Gasteiger charge is -2.27. The summed E-state index contributed by atoms with van der Waals surface area (Å²) in [7, 11) is 0. The predicted molar refractivity (Wildman–Crippen MR) is 142 cm³/mol. The summed E-state index contributed by atoms with van der Waals surface area (Å²) in [6.07, 6.45) is 0. The molecule has 1 nitrogen and oxygen atoms in total. The predicted octanol–water partition coefficient (Wildman–Crippen LogP) is 9.74. The molecule has 0 aliphatic carbocycles. The summed E-state index contributed by atoms with van der Waals surface area (Å²) in [4.78, 5) is 0.647. The van der Waals surface area contributed by atoms with Gasteiger partial charge < -0.3 is 4.72 Å². The number of rotatable bonds is 5. The standard InChI is InChI=1S/C28H25Cl2NS/c1-28(2,3)26-15-21(19-10-6-4-7-11-19)14-25(20-12-8-5-9-13-20)27(26)31-32-24-17-22(29)16-23(30)18-24/h4-18,31H,1-3H3/i4D,5D,6D,7D,8D,9D,10D,11D,12D,13D. The molecule has 0 fully saturated rings. The van der Waals surface area contributed by atoms with Crippen molar-refractivity contribution in [3.63, 3.8) is 0 Å². The van der Waals surface area contributed by atoms with Crippen LogP contribution in [-0.4, -0.2) is 0 Å². The highest BCUT2D eigenvalue weighted by Gasteiger charge is 2.23. The molecule has 0 bridgehead atoms. The van der Waals surface area contributed by atoms with Crippen molar-refractivity contribution in [2.24, 2.45) is 0 Å². The van der Waals surface area contributed by atoms with E-state index < -0.39 is 65.8 Å². The van der Waals surface area contributed by atoms with Crippen molar-refractivity contribution in [1.82, 2.24) is 0 Å². The molecule has 0 spiro atoms. The lowest BCUT2D eigenvalue weighted by atomic mass is 9.81. The van der Waals surface area contributed by atoms with Crippen LogP contribution in [0.25, 0.3) is 22.3 Å². The molecule has 0 unspecified atom stereocenters. The van der Waals surface area contributed by atoms with Crippen molar-refractivity contribution in [2.75, 3.05) is 4.72 Å². The van der Waals surface area contributed by atoms with Crippen LogP contribution >= 0.6 is 35.1 Å². The summed E-state index contributed by atoms with van der Waals surface area (Å²) in [5.74, 6) is 0. The van der Waals surface area contributed by atoms with E-state index in [1.165, 1.54) is 6.07 Å². The van der Waals surface area contributed by atoms with Gasteiger partial charge in [-0.15, -0.1) is 0 Å². The summed E-state index contributed by atoms with van der Waals surface area (Å²) in [5, 5.41) is 0.815. The van der Waals surface area contributed by atoms with Gasteiger partial charge in [-0.05, 0) is 69.9 Å². The summed E-state index contributed by atoms with van der Waals surface area (Å²) < 4.78 is 86.8.